The highest BCUT2D eigenvalue weighted by Gasteiger charge is 2.25. The molecule has 1 saturated heterocycles. The van der Waals surface area contributed by atoms with Crippen LogP contribution in [0.1, 0.15) is 15.9 Å². The van der Waals surface area contributed by atoms with Crippen LogP contribution < -0.4 is 4.74 Å². The monoisotopic (exact) mass is 411 g/mol. The highest BCUT2D eigenvalue weighted by Crippen LogP contribution is 2.27. The van der Waals surface area contributed by atoms with Crippen LogP contribution in [0.5, 0.6) is 5.75 Å². The molecule has 0 radical (unpaired) electrons. The number of hydrogen-bond acceptors (Lipinski definition) is 4. The molecule has 2 heterocycles. The lowest BCUT2D eigenvalue weighted by Crippen LogP contribution is -2.48. The molecule has 156 valence electrons. The minimum Gasteiger partial charge on any atom is -0.496 e. The van der Waals surface area contributed by atoms with Crippen molar-refractivity contribution in [2.45, 2.75) is 6.54 Å². The maximum Gasteiger partial charge on any atom is 0.257 e. The molecule has 0 bridgehead atoms. The Bertz CT molecular complexity index is 1240. The summed E-state index contributed by atoms with van der Waals surface area (Å²) in [5.74, 6) is 0.669. The third-order valence-corrected chi connectivity index (χ3v) is 6.07. The molecule has 0 saturated carbocycles. The number of amides is 1. The number of piperazine rings is 1. The zero-order valence-electron chi connectivity index (χ0n) is 17.6. The summed E-state index contributed by atoms with van der Waals surface area (Å²) in [6.45, 7) is 3.92. The lowest BCUT2D eigenvalue weighted by atomic mass is 10.0. The average molecular weight is 412 g/mol. The van der Waals surface area contributed by atoms with Crippen LogP contribution in [0.3, 0.4) is 0 Å². The SMILES string of the molecule is COc1cc2ccccc2cc1C(=O)N1CCN(Cc2cccc3cccnc23)CC1. The number of carbonyl (C=O) groups is 1. The zero-order valence-corrected chi connectivity index (χ0v) is 17.6. The highest BCUT2D eigenvalue weighted by atomic mass is 16.5. The van der Waals surface area contributed by atoms with Gasteiger partial charge in [-0.25, -0.2) is 0 Å². The first-order valence-corrected chi connectivity index (χ1v) is 10.6. The van der Waals surface area contributed by atoms with Gasteiger partial charge >= 0.3 is 0 Å². The van der Waals surface area contributed by atoms with Crippen molar-refractivity contribution in [3.05, 3.63) is 84.1 Å². The van der Waals surface area contributed by atoms with E-state index < -0.39 is 0 Å². The van der Waals surface area contributed by atoms with Gasteiger partial charge in [-0.05, 0) is 34.5 Å². The van der Waals surface area contributed by atoms with Crippen molar-refractivity contribution in [3.8, 4) is 5.75 Å². The van der Waals surface area contributed by atoms with E-state index in [-0.39, 0.29) is 5.91 Å². The zero-order chi connectivity index (χ0) is 21.2. The van der Waals surface area contributed by atoms with E-state index in [1.54, 1.807) is 7.11 Å². The van der Waals surface area contributed by atoms with Gasteiger partial charge in [-0.3, -0.25) is 14.7 Å². The van der Waals surface area contributed by atoms with Gasteiger partial charge < -0.3 is 9.64 Å². The third-order valence-electron chi connectivity index (χ3n) is 6.07. The van der Waals surface area contributed by atoms with E-state index in [2.05, 4.69) is 34.1 Å². The molecule has 1 aromatic heterocycles. The van der Waals surface area contributed by atoms with Gasteiger partial charge in [-0.1, -0.05) is 48.5 Å². The molecule has 5 heteroatoms. The van der Waals surface area contributed by atoms with E-state index in [0.29, 0.717) is 24.4 Å². The second-order valence-corrected chi connectivity index (χ2v) is 7.96. The number of ether oxygens (including phenoxy) is 1. The van der Waals surface area contributed by atoms with Gasteiger partial charge in [0.1, 0.15) is 5.75 Å². The van der Waals surface area contributed by atoms with Crippen LogP contribution in [0.15, 0.2) is 72.9 Å². The molecule has 1 aliphatic rings. The first-order chi connectivity index (χ1) is 15.2. The van der Waals surface area contributed by atoms with Gasteiger partial charge in [0.2, 0.25) is 0 Å². The Balaban J connectivity index is 1.30. The third kappa shape index (κ3) is 3.84. The second-order valence-electron chi connectivity index (χ2n) is 7.96. The smallest absolute Gasteiger partial charge is 0.257 e. The number of carbonyl (C=O) groups excluding carboxylic acids is 1. The molecule has 0 aliphatic carbocycles. The van der Waals surface area contributed by atoms with Crippen LogP contribution in [0.2, 0.25) is 0 Å². The summed E-state index contributed by atoms with van der Waals surface area (Å²) in [7, 11) is 1.62. The minimum atomic E-state index is 0.0362. The van der Waals surface area contributed by atoms with Crippen molar-refractivity contribution in [3.63, 3.8) is 0 Å². The van der Waals surface area contributed by atoms with Crippen molar-refractivity contribution in [2.24, 2.45) is 0 Å². The molecular weight excluding hydrogens is 386 g/mol. The maximum absolute atomic E-state index is 13.3. The van der Waals surface area contributed by atoms with Gasteiger partial charge in [0.15, 0.2) is 0 Å². The predicted molar refractivity (Wildman–Crippen MR) is 123 cm³/mol. The van der Waals surface area contributed by atoms with Crippen molar-refractivity contribution in [1.29, 1.82) is 0 Å². The lowest BCUT2D eigenvalue weighted by Gasteiger charge is -2.35. The fraction of sp³-hybridized carbons (Fsp3) is 0.231. The molecular formula is C26H25N3O2. The maximum atomic E-state index is 13.3. The average Bonchev–Trinajstić information content (AvgIpc) is 2.83. The fourth-order valence-electron chi connectivity index (χ4n) is 4.37. The van der Waals surface area contributed by atoms with Crippen molar-refractivity contribution >= 4 is 27.6 Å². The molecule has 1 amide bonds. The van der Waals surface area contributed by atoms with E-state index >= 15 is 0 Å². The summed E-state index contributed by atoms with van der Waals surface area (Å²) >= 11 is 0. The van der Waals surface area contributed by atoms with E-state index in [0.717, 1.165) is 41.3 Å². The second kappa shape index (κ2) is 8.36. The fourth-order valence-corrected chi connectivity index (χ4v) is 4.37. The van der Waals surface area contributed by atoms with E-state index in [9.17, 15) is 4.79 Å². The number of pyridine rings is 1. The van der Waals surface area contributed by atoms with Gasteiger partial charge in [0, 0.05) is 44.3 Å². The molecule has 0 spiro atoms. The Labute approximate surface area is 181 Å². The summed E-state index contributed by atoms with van der Waals surface area (Å²) < 4.78 is 5.54. The van der Waals surface area contributed by atoms with E-state index in [1.807, 2.05) is 53.6 Å². The van der Waals surface area contributed by atoms with Crippen LogP contribution in [-0.4, -0.2) is 54.0 Å². The first kappa shape index (κ1) is 19.5. The Hall–Kier alpha value is -3.44. The van der Waals surface area contributed by atoms with Gasteiger partial charge in [0.05, 0.1) is 18.2 Å². The summed E-state index contributed by atoms with van der Waals surface area (Å²) in [5, 5.41) is 3.29. The molecule has 0 atom stereocenters. The van der Waals surface area contributed by atoms with Gasteiger partial charge in [0.25, 0.3) is 5.91 Å². The van der Waals surface area contributed by atoms with Crippen LogP contribution in [-0.2, 0) is 6.54 Å². The Kier molecular flexibility index (Phi) is 5.26. The molecule has 3 aromatic carbocycles. The topological polar surface area (TPSA) is 45.7 Å². The standard InChI is InChI=1S/C26H25N3O2/c1-31-24-17-21-7-3-2-6-20(21)16-23(24)26(30)29-14-12-28(13-15-29)18-22-9-4-8-19-10-5-11-27-25(19)22/h2-11,16-17H,12-15,18H2,1H3. The van der Waals surface area contributed by atoms with Crippen LogP contribution in [0, 0.1) is 0 Å². The highest BCUT2D eigenvalue weighted by molar-refractivity contribution is 6.01. The number of benzene rings is 3. The molecule has 1 aliphatic heterocycles. The summed E-state index contributed by atoms with van der Waals surface area (Å²) in [6, 6.07) is 22.3. The molecule has 5 nitrogen and oxygen atoms in total. The molecule has 0 N–H and O–H groups in total. The van der Waals surface area contributed by atoms with Gasteiger partial charge in [-0.15, -0.1) is 0 Å². The van der Waals surface area contributed by atoms with Crippen molar-refractivity contribution in [2.75, 3.05) is 33.3 Å². The summed E-state index contributed by atoms with van der Waals surface area (Å²) in [5.41, 5.74) is 2.92. The Morgan fingerprint density at radius 1 is 0.903 bits per heavy atom. The van der Waals surface area contributed by atoms with Crippen LogP contribution in [0.25, 0.3) is 21.7 Å². The minimum absolute atomic E-state index is 0.0362. The Morgan fingerprint density at radius 3 is 2.39 bits per heavy atom. The molecule has 5 rings (SSSR count). The first-order valence-electron chi connectivity index (χ1n) is 10.6. The van der Waals surface area contributed by atoms with Crippen molar-refractivity contribution in [1.82, 2.24) is 14.8 Å². The van der Waals surface area contributed by atoms with Crippen LogP contribution >= 0.6 is 0 Å². The predicted octanol–water partition coefficient (Wildman–Crippen LogP) is 4.35. The van der Waals surface area contributed by atoms with Crippen molar-refractivity contribution < 1.29 is 9.53 Å². The number of aromatic nitrogens is 1. The quantitative estimate of drug-likeness (QED) is 0.501. The summed E-state index contributed by atoms with van der Waals surface area (Å²) in [6.07, 6.45) is 1.85. The molecule has 31 heavy (non-hydrogen) atoms. The molecule has 1 fully saturated rings. The van der Waals surface area contributed by atoms with Gasteiger partial charge in [-0.2, -0.15) is 0 Å². The number of para-hydroxylation sites is 1. The number of fused-ring (bicyclic) bond motifs is 2. The number of rotatable bonds is 4. The normalized spacial score (nSPS) is 14.8. The number of hydrogen-bond donors (Lipinski definition) is 0. The van der Waals surface area contributed by atoms with E-state index in [4.69, 9.17) is 4.74 Å². The largest absolute Gasteiger partial charge is 0.496 e. The number of methoxy groups -OCH3 is 1. The molecule has 4 aromatic rings. The van der Waals surface area contributed by atoms with E-state index in [1.165, 1.54) is 5.56 Å². The molecule has 0 unspecified atom stereocenters. The lowest BCUT2D eigenvalue weighted by molar-refractivity contribution is 0.0626. The van der Waals surface area contributed by atoms with Crippen LogP contribution in [0.4, 0.5) is 0 Å². The summed E-state index contributed by atoms with van der Waals surface area (Å²) in [4.78, 5) is 22.2. The number of nitrogens with zero attached hydrogens (tertiary/aromatic N) is 3. The Morgan fingerprint density at radius 2 is 1.61 bits per heavy atom.